The average Bonchev–Trinajstić information content (AvgIpc) is 3.11. The van der Waals surface area contributed by atoms with Crippen molar-refractivity contribution < 1.29 is 14.6 Å². The Kier molecular flexibility index (Phi) is 7.91. The zero-order valence-electron chi connectivity index (χ0n) is 17.9. The Balaban J connectivity index is 1.54. The van der Waals surface area contributed by atoms with Gasteiger partial charge in [0.2, 0.25) is 0 Å². The summed E-state index contributed by atoms with van der Waals surface area (Å²) < 4.78 is 13.2. The van der Waals surface area contributed by atoms with Crippen LogP contribution < -0.4 is 9.47 Å². The maximum atomic E-state index is 10.4. The van der Waals surface area contributed by atoms with E-state index in [0.29, 0.717) is 18.0 Å². The lowest BCUT2D eigenvalue weighted by Gasteiger charge is -2.28. The summed E-state index contributed by atoms with van der Waals surface area (Å²) in [4.78, 5) is 4.55. The van der Waals surface area contributed by atoms with Gasteiger partial charge in [0.1, 0.15) is 12.7 Å². The van der Waals surface area contributed by atoms with Crippen LogP contribution in [-0.4, -0.2) is 71.2 Å². The predicted octanol–water partition coefficient (Wildman–Crippen LogP) is 2.29. The fourth-order valence-electron chi connectivity index (χ4n) is 3.84. The molecular weight excluding hydrogens is 368 g/mol. The normalized spacial score (nSPS) is 16.2. The van der Waals surface area contributed by atoms with E-state index in [1.165, 1.54) is 24.8 Å². The lowest BCUT2D eigenvalue weighted by atomic mass is 10.1. The van der Waals surface area contributed by atoms with Gasteiger partial charge in [-0.25, -0.2) is 0 Å². The van der Waals surface area contributed by atoms with Crippen LogP contribution in [-0.2, 0) is 20.1 Å². The molecule has 0 radical (unpaired) electrons. The van der Waals surface area contributed by atoms with Crippen LogP contribution in [0.4, 0.5) is 0 Å². The summed E-state index contributed by atoms with van der Waals surface area (Å²) in [6.07, 6.45) is 7.15. The molecule has 2 heterocycles. The topological polar surface area (TPSA) is 63.0 Å². The van der Waals surface area contributed by atoms with Gasteiger partial charge in [0, 0.05) is 38.4 Å². The van der Waals surface area contributed by atoms with E-state index in [2.05, 4.69) is 28.0 Å². The van der Waals surface area contributed by atoms with Gasteiger partial charge < -0.3 is 19.5 Å². The molecule has 3 rings (SSSR count). The van der Waals surface area contributed by atoms with E-state index in [4.69, 9.17) is 9.47 Å². The number of likely N-dealkylation sites (tertiary alicyclic amines) is 1. The van der Waals surface area contributed by atoms with Crippen molar-refractivity contribution in [2.24, 2.45) is 7.05 Å². The van der Waals surface area contributed by atoms with Gasteiger partial charge in [0.15, 0.2) is 11.5 Å². The standard InChI is InChI=1S/C22H34N4O3/c1-24(14-19-12-23-25(2)15-19)13-18-7-8-21(28-3)22(11-18)29-17-20(27)16-26-9-5-4-6-10-26/h7-8,11-12,15,20,27H,4-6,9-10,13-14,16-17H2,1-3H3/t20-/m1/s1. The number of methoxy groups -OCH3 is 1. The zero-order chi connectivity index (χ0) is 20.6. The lowest BCUT2D eigenvalue weighted by Crippen LogP contribution is -2.38. The Morgan fingerprint density at radius 1 is 1.14 bits per heavy atom. The number of benzene rings is 1. The van der Waals surface area contributed by atoms with Crippen LogP contribution in [0, 0.1) is 0 Å². The fraction of sp³-hybridized carbons (Fsp3) is 0.591. The molecule has 2 aromatic rings. The highest BCUT2D eigenvalue weighted by molar-refractivity contribution is 5.43. The molecule has 0 saturated carbocycles. The first-order chi connectivity index (χ1) is 14.0. The number of ether oxygens (including phenoxy) is 2. The van der Waals surface area contributed by atoms with Gasteiger partial charge in [-0.15, -0.1) is 0 Å². The van der Waals surface area contributed by atoms with E-state index in [1.807, 2.05) is 36.3 Å². The van der Waals surface area contributed by atoms with E-state index in [-0.39, 0.29) is 6.61 Å². The van der Waals surface area contributed by atoms with Crippen LogP contribution >= 0.6 is 0 Å². The SMILES string of the molecule is COc1ccc(CN(C)Cc2cnn(C)c2)cc1OC[C@H](O)CN1CCCCC1. The Morgan fingerprint density at radius 3 is 2.59 bits per heavy atom. The Hall–Kier alpha value is -2.09. The van der Waals surface area contributed by atoms with Gasteiger partial charge in [0.05, 0.1) is 13.3 Å². The summed E-state index contributed by atoms with van der Waals surface area (Å²) in [5.41, 5.74) is 2.32. The maximum absolute atomic E-state index is 10.4. The molecule has 160 valence electrons. The second-order valence-corrected chi connectivity index (χ2v) is 8.01. The molecule has 0 aliphatic carbocycles. The molecule has 1 aromatic carbocycles. The van der Waals surface area contributed by atoms with E-state index in [1.54, 1.807) is 7.11 Å². The molecule has 1 aromatic heterocycles. The number of β-amino-alcohol motifs (C(OH)–C–C–N with tert-alkyl or cyclic N) is 1. The van der Waals surface area contributed by atoms with Crippen LogP contribution in [0.25, 0.3) is 0 Å². The first-order valence-corrected chi connectivity index (χ1v) is 10.4. The average molecular weight is 403 g/mol. The van der Waals surface area contributed by atoms with Crippen LogP contribution in [0.3, 0.4) is 0 Å². The Labute approximate surface area is 173 Å². The fourth-order valence-corrected chi connectivity index (χ4v) is 3.84. The molecule has 29 heavy (non-hydrogen) atoms. The summed E-state index contributed by atoms with van der Waals surface area (Å²) in [5.74, 6) is 1.37. The predicted molar refractivity (Wildman–Crippen MR) is 113 cm³/mol. The van der Waals surface area contributed by atoms with Crippen molar-refractivity contribution in [1.82, 2.24) is 19.6 Å². The maximum Gasteiger partial charge on any atom is 0.161 e. The van der Waals surface area contributed by atoms with Crippen molar-refractivity contribution in [3.8, 4) is 11.5 Å². The second-order valence-electron chi connectivity index (χ2n) is 8.01. The number of rotatable bonds is 10. The molecule has 1 atom stereocenters. The molecule has 0 amide bonds. The molecule has 1 saturated heterocycles. The van der Waals surface area contributed by atoms with Crippen molar-refractivity contribution in [1.29, 1.82) is 0 Å². The minimum absolute atomic E-state index is 0.266. The molecule has 0 unspecified atom stereocenters. The summed E-state index contributed by atoms with van der Waals surface area (Å²) in [6.45, 7) is 4.67. The molecule has 7 nitrogen and oxygen atoms in total. The molecule has 1 aliphatic rings. The second kappa shape index (κ2) is 10.6. The third-order valence-electron chi connectivity index (χ3n) is 5.24. The van der Waals surface area contributed by atoms with E-state index in [0.717, 1.165) is 31.7 Å². The van der Waals surface area contributed by atoms with Gasteiger partial charge in [-0.3, -0.25) is 9.58 Å². The number of hydrogen-bond acceptors (Lipinski definition) is 6. The van der Waals surface area contributed by atoms with Crippen molar-refractivity contribution in [3.63, 3.8) is 0 Å². The molecule has 1 aliphatic heterocycles. The largest absolute Gasteiger partial charge is 0.493 e. The van der Waals surface area contributed by atoms with Crippen LogP contribution in [0.2, 0.25) is 0 Å². The summed E-state index contributed by atoms with van der Waals surface area (Å²) in [6, 6.07) is 5.99. The quantitative estimate of drug-likeness (QED) is 0.658. The third kappa shape index (κ3) is 6.73. The van der Waals surface area contributed by atoms with Gasteiger partial charge in [-0.1, -0.05) is 12.5 Å². The highest BCUT2D eigenvalue weighted by atomic mass is 16.5. The number of aryl methyl sites for hydroxylation is 1. The van der Waals surface area contributed by atoms with Crippen molar-refractivity contribution >= 4 is 0 Å². The number of aliphatic hydroxyl groups excluding tert-OH is 1. The Bertz CT molecular complexity index is 758. The lowest BCUT2D eigenvalue weighted by molar-refractivity contribution is 0.0608. The number of aliphatic hydroxyl groups is 1. The number of aromatic nitrogens is 2. The monoisotopic (exact) mass is 402 g/mol. The van der Waals surface area contributed by atoms with E-state index >= 15 is 0 Å². The molecule has 1 N–H and O–H groups in total. The van der Waals surface area contributed by atoms with Crippen molar-refractivity contribution in [2.75, 3.05) is 40.4 Å². The van der Waals surface area contributed by atoms with Crippen molar-refractivity contribution in [3.05, 3.63) is 41.7 Å². The van der Waals surface area contributed by atoms with Gasteiger partial charge in [-0.05, 0) is 50.7 Å². The zero-order valence-corrected chi connectivity index (χ0v) is 17.9. The minimum atomic E-state index is -0.505. The highest BCUT2D eigenvalue weighted by Gasteiger charge is 2.16. The number of hydrogen-bond donors (Lipinski definition) is 1. The summed E-state index contributed by atoms with van der Waals surface area (Å²) in [5, 5.41) is 14.6. The Morgan fingerprint density at radius 2 is 1.90 bits per heavy atom. The molecule has 7 heteroatoms. The molecule has 0 spiro atoms. The first-order valence-electron chi connectivity index (χ1n) is 10.4. The first kappa shape index (κ1) is 21.6. The summed E-state index contributed by atoms with van der Waals surface area (Å²) >= 11 is 0. The summed E-state index contributed by atoms with van der Waals surface area (Å²) in [7, 11) is 5.65. The van der Waals surface area contributed by atoms with Crippen LogP contribution in [0.5, 0.6) is 11.5 Å². The van der Waals surface area contributed by atoms with Crippen LogP contribution in [0.1, 0.15) is 30.4 Å². The smallest absolute Gasteiger partial charge is 0.161 e. The molecule has 1 fully saturated rings. The van der Waals surface area contributed by atoms with E-state index in [9.17, 15) is 5.11 Å². The van der Waals surface area contributed by atoms with E-state index < -0.39 is 6.10 Å². The number of nitrogens with zero attached hydrogens (tertiary/aromatic N) is 4. The molecular formula is C22H34N4O3. The molecule has 0 bridgehead atoms. The van der Waals surface area contributed by atoms with Gasteiger partial charge in [0.25, 0.3) is 0 Å². The minimum Gasteiger partial charge on any atom is -0.493 e. The van der Waals surface area contributed by atoms with Gasteiger partial charge in [-0.2, -0.15) is 5.10 Å². The van der Waals surface area contributed by atoms with Crippen molar-refractivity contribution in [2.45, 2.75) is 38.5 Å². The van der Waals surface area contributed by atoms with Crippen LogP contribution in [0.15, 0.2) is 30.6 Å². The van der Waals surface area contributed by atoms with Gasteiger partial charge >= 0.3 is 0 Å². The third-order valence-corrected chi connectivity index (χ3v) is 5.24. The number of piperidine rings is 1. The highest BCUT2D eigenvalue weighted by Crippen LogP contribution is 2.29.